The summed E-state index contributed by atoms with van der Waals surface area (Å²) in [6, 6.07) is 15.5. The molecular formula is C17H15N5O3. The van der Waals surface area contributed by atoms with E-state index in [9.17, 15) is 9.59 Å². The summed E-state index contributed by atoms with van der Waals surface area (Å²) in [5.41, 5.74) is 1.05. The Kier molecular flexibility index (Phi) is 4.70. The Bertz CT molecular complexity index is 875. The Morgan fingerprint density at radius 1 is 0.960 bits per heavy atom. The molecule has 0 aliphatic carbocycles. The average Bonchev–Trinajstić information content (AvgIpc) is 3.12. The number of nitrogens with one attached hydrogen (secondary N) is 3. The number of hydrogen-bond donors (Lipinski definition) is 3. The number of amides is 2. The topological polar surface area (TPSA) is 109 Å². The number of carbonyl (C=O) groups excluding carboxylic acids is 2. The lowest BCUT2D eigenvalue weighted by Crippen LogP contribution is -2.15. The van der Waals surface area contributed by atoms with Crippen molar-refractivity contribution in [3.8, 4) is 5.75 Å². The molecule has 3 aromatic rings. The molecule has 0 spiro atoms. The van der Waals surface area contributed by atoms with Gasteiger partial charge in [-0.25, -0.2) is 0 Å². The number of ether oxygens (including phenoxy) is 1. The largest absolute Gasteiger partial charge is 0.497 e. The van der Waals surface area contributed by atoms with Crippen LogP contribution in [0.3, 0.4) is 0 Å². The van der Waals surface area contributed by atoms with Crippen LogP contribution < -0.4 is 15.4 Å². The second kappa shape index (κ2) is 7.26. The fraction of sp³-hybridized carbons (Fsp3) is 0.0588. The molecule has 0 aliphatic heterocycles. The minimum Gasteiger partial charge on any atom is -0.497 e. The SMILES string of the molecule is COc1ccc(NC(=O)c2nc(NC(=O)c3ccccc3)n[nH]2)cc1. The average molecular weight is 337 g/mol. The fourth-order valence-corrected chi connectivity index (χ4v) is 2.05. The van der Waals surface area contributed by atoms with Crippen LogP contribution in [-0.4, -0.2) is 34.1 Å². The van der Waals surface area contributed by atoms with Gasteiger partial charge < -0.3 is 10.1 Å². The number of benzene rings is 2. The second-order valence-electron chi connectivity index (χ2n) is 5.01. The van der Waals surface area contributed by atoms with E-state index in [2.05, 4.69) is 25.8 Å². The van der Waals surface area contributed by atoms with Crippen molar-refractivity contribution < 1.29 is 14.3 Å². The van der Waals surface area contributed by atoms with Crippen molar-refractivity contribution in [1.82, 2.24) is 15.2 Å². The number of aromatic nitrogens is 3. The summed E-state index contributed by atoms with van der Waals surface area (Å²) >= 11 is 0. The van der Waals surface area contributed by atoms with E-state index < -0.39 is 5.91 Å². The molecule has 8 nitrogen and oxygen atoms in total. The minimum atomic E-state index is -0.474. The standard InChI is InChI=1S/C17H15N5O3/c1-25-13-9-7-12(8-10-13)18-16(24)14-19-17(22-21-14)20-15(23)11-5-3-2-4-6-11/h2-10H,1H3,(H,18,24)(H2,19,20,21,22,23). The van der Waals surface area contributed by atoms with Crippen LogP contribution in [0.25, 0.3) is 0 Å². The normalized spacial score (nSPS) is 10.1. The Labute approximate surface area is 143 Å². The molecule has 0 unspecified atom stereocenters. The summed E-state index contributed by atoms with van der Waals surface area (Å²) in [6.45, 7) is 0. The first-order chi connectivity index (χ1) is 12.2. The zero-order valence-electron chi connectivity index (χ0n) is 13.3. The smallest absolute Gasteiger partial charge is 0.293 e. The third kappa shape index (κ3) is 3.99. The Balaban J connectivity index is 1.64. The zero-order valence-corrected chi connectivity index (χ0v) is 13.3. The van der Waals surface area contributed by atoms with Crippen LogP contribution in [0.5, 0.6) is 5.75 Å². The molecule has 0 atom stereocenters. The van der Waals surface area contributed by atoms with Crippen molar-refractivity contribution in [2.75, 3.05) is 17.7 Å². The van der Waals surface area contributed by atoms with Crippen molar-refractivity contribution in [3.63, 3.8) is 0 Å². The van der Waals surface area contributed by atoms with Crippen LogP contribution in [-0.2, 0) is 0 Å². The number of hydrogen-bond acceptors (Lipinski definition) is 5. The van der Waals surface area contributed by atoms with Gasteiger partial charge in [-0.05, 0) is 36.4 Å². The lowest BCUT2D eigenvalue weighted by molar-refractivity contribution is 0.101. The number of nitrogens with zero attached hydrogens (tertiary/aromatic N) is 2. The first kappa shape index (κ1) is 16.2. The van der Waals surface area contributed by atoms with Gasteiger partial charge in [-0.3, -0.25) is 20.0 Å². The van der Waals surface area contributed by atoms with E-state index in [1.54, 1.807) is 55.6 Å². The van der Waals surface area contributed by atoms with Gasteiger partial charge in [0.25, 0.3) is 11.8 Å². The molecule has 25 heavy (non-hydrogen) atoms. The van der Waals surface area contributed by atoms with E-state index in [0.29, 0.717) is 17.0 Å². The Hall–Kier alpha value is -3.68. The van der Waals surface area contributed by atoms with Crippen LogP contribution in [0.2, 0.25) is 0 Å². The molecule has 3 N–H and O–H groups in total. The molecule has 0 aliphatic rings. The summed E-state index contributed by atoms with van der Waals surface area (Å²) in [7, 11) is 1.56. The summed E-state index contributed by atoms with van der Waals surface area (Å²) in [6.07, 6.45) is 0. The first-order valence-corrected chi connectivity index (χ1v) is 7.40. The predicted molar refractivity (Wildman–Crippen MR) is 91.7 cm³/mol. The van der Waals surface area contributed by atoms with Crippen molar-refractivity contribution in [2.24, 2.45) is 0 Å². The lowest BCUT2D eigenvalue weighted by atomic mass is 10.2. The maximum absolute atomic E-state index is 12.1. The monoisotopic (exact) mass is 337 g/mol. The number of rotatable bonds is 5. The number of aromatic amines is 1. The molecule has 2 aromatic carbocycles. The van der Waals surface area contributed by atoms with Crippen LogP contribution in [0, 0.1) is 0 Å². The zero-order chi connectivity index (χ0) is 17.6. The molecule has 0 saturated carbocycles. The third-order valence-electron chi connectivity index (χ3n) is 3.31. The molecule has 1 heterocycles. The molecule has 3 rings (SSSR count). The van der Waals surface area contributed by atoms with Gasteiger partial charge in [-0.1, -0.05) is 18.2 Å². The summed E-state index contributed by atoms with van der Waals surface area (Å²) in [5.74, 6) is -0.143. The highest BCUT2D eigenvalue weighted by molar-refractivity contribution is 6.04. The maximum Gasteiger partial charge on any atom is 0.293 e. The number of methoxy groups -OCH3 is 1. The number of anilines is 2. The van der Waals surface area contributed by atoms with Gasteiger partial charge in [0, 0.05) is 11.3 Å². The van der Waals surface area contributed by atoms with Gasteiger partial charge in [0.2, 0.25) is 11.8 Å². The number of H-pyrrole nitrogens is 1. The van der Waals surface area contributed by atoms with Gasteiger partial charge in [-0.2, -0.15) is 4.98 Å². The van der Waals surface area contributed by atoms with E-state index in [-0.39, 0.29) is 17.7 Å². The van der Waals surface area contributed by atoms with Gasteiger partial charge >= 0.3 is 0 Å². The minimum absolute atomic E-state index is 0.0146. The molecule has 0 bridgehead atoms. The van der Waals surface area contributed by atoms with Crippen LogP contribution >= 0.6 is 0 Å². The van der Waals surface area contributed by atoms with Crippen molar-refractivity contribution in [2.45, 2.75) is 0 Å². The van der Waals surface area contributed by atoms with Crippen LogP contribution in [0.4, 0.5) is 11.6 Å². The quantitative estimate of drug-likeness (QED) is 0.662. The maximum atomic E-state index is 12.1. The van der Waals surface area contributed by atoms with Crippen molar-refractivity contribution in [3.05, 3.63) is 66.0 Å². The van der Waals surface area contributed by atoms with Gasteiger partial charge in [0.05, 0.1) is 7.11 Å². The van der Waals surface area contributed by atoms with Crippen molar-refractivity contribution >= 4 is 23.5 Å². The third-order valence-corrected chi connectivity index (χ3v) is 3.31. The van der Waals surface area contributed by atoms with Crippen LogP contribution in [0.15, 0.2) is 54.6 Å². The second-order valence-corrected chi connectivity index (χ2v) is 5.01. The highest BCUT2D eigenvalue weighted by Crippen LogP contribution is 2.15. The van der Waals surface area contributed by atoms with E-state index in [1.807, 2.05) is 6.07 Å². The Morgan fingerprint density at radius 2 is 1.68 bits per heavy atom. The predicted octanol–water partition coefficient (Wildman–Crippen LogP) is 2.32. The molecule has 2 amide bonds. The lowest BCUT2D eigenvalue weighted by Gasteiger charge is -2.04. The van der Waals surface area contributed by atoms with E-state index in [0.717, 1.165) is 0 Å². The summed E-state index contributed by atoms with van der Waals surface area (Å²) < 4.78 is 5.05. The summed E-state index contributed by atoms with van der Waals surface area (Å²) in [5, 5.41) is 11.5. The number of carbonyl (C=O) groups is 2. The molecule has 0 fully saturated rings. The van der Waals surface area contributed by atoms with Crippen LogP contribution in [0.1, 0.15) is 21.0 Å². The molecule has 1 aromatic heterocycles. The fourth-order valence-electron chi connectivity index (χ4n) is 2.05. The summed E-state index contributed by atoms with van der Waals surface area (Å²) in [4.78, 5) is 28.1. The van der Waals surface area contributed by atoms with E-state index in [4.69, 9.17) is 4.74 Å². The van der Waals surface area contributed by atoms with Gasteiger partial charge in [-0.15, -0.1) is 5.10 Å². The highest BCUT2D eigenvalue weighted by atomic mass is 16.5. The van der Waals surface area contributed by atoms with Crippen molar-refractivity contribution in [1.29, 1.82) is 0 Å². The Morgan fingerprint density at radius 3 is 2.36 bits per heavy atom. The molecule has 8 heteroatoms. The molecule has 0 radical (unpaired) electrons. The first-order valence-electron chi connectivity index (χ1n) is 7.40. The van der Waals surface area contributed by atoms with E-state index in [1.165, 1.54) is 0 Å². The van der Waals surface area contributed by atoms with Gasteiger partial charge in [0.15, 0.2) is 0 Å². The van der Waals surface area contributed by atoms with Gasteiger partial charge in [0.1, 0.15) is 5.75 Å². The molecule has 0 saturated heterocycles. The molecule has 126 valence electrons. The van der Waals surface area contributed by atoms with E-state index >= 15 is 0 Å². The highest BCUT2D eigenvalue weighted by Gasteiger charge is 2.14. The molecular weight excluding hydrogens is 322 g/mol.